The van der Waals surface area contributed by atoms with Gasteiger partial charge in [-0.1, -0.05) is 26.3 Å². The number of aryl methyl sites for hydroxylation is 1. The Kier molecular flexibility index (Phi) is 3.47. The third-order valence-electron chi connectivity index (χ3n) is 2.57. The van der Waals surface area contributed by atoms with Gasteiger partial charge in [0.15, 0.2) is 0 Å². The minimum absolute atomic E-state index is 0.134. The van der Waals surface area contributed by atoms with Crippen LogP contribution in [0.5, 0.6) is 0 Å². The molecule has 0 saturated heterocycles. The molecule has 0 amide bonds. The van der Waals surface area contributed by atoms with E-state index < -0.39 is 0 Å². The SMILES string of the molecule is CCC(C)Cc1ccc(F)cc1C. The molecule has 1 rings (SSSR count). The Labute approximate surface area is 79.8 Å². The first-order valence-electron chi connectivity index (χ1n) is 4.88. The normalized spacial score (nSPS) is 12.9. The molecule has 0 saturated carbocycles. The minimum atomic E-state index is -0.134. The van der Waals surface area contributed by atoms with Gasteiger partial charge in [0.1, 0.15) is 5.82 Å². The van der Waals surface area contributed by atoms with Crippen molar-refractivity contribution >= 4 is 0 Å². The van der Waals surface area contributed by atoms with Crippen LogP contribution in [0.2, 0.25) is 0 Å². The Balaban J connectivity index is 2.77. The predicted molar refractivity (Wildman–Crippen MR) is 54.3 cm³/mol. The van der Waals surface area contributed by atoms with Gasteiger partial charge in [-0.15, -0.1) is 0 Å². The second kappa shape index (κ2) is 4.40. The van der Waals surface area contributed by atoms with E-state index in [0.717, 1.165) is 12.0 Å². The van der Waals surface area contributed by atoms with Crippen LogP contribution in [0.1, 0.15) is 31.4 Å². The molecule has 0 aliphatic rings. The van der Waals surface area contributed by atoms with E-state index in [-0.39, 0.29) is 5.82 Å². The van der Waals surface area contributed by atoms with E-state index in [2.05, 4.69) is 13.8 Å². The quantitative estimate of drug-likeness (QED) is 0.665. The predicted octanol–water partition coefficient (Wildman–Crippen LogP) is 3.72. The van der Waals surface area contributed by atoms with Crippen molar-refractivity contribution in [2.45, 2.75) is 33.6 Å². The summed E-state index contributed by atoms with van der Waals surface area (Å²) in [7, 11) is 0. The lowest BCUT2D eigenvalue weighted by molar-refractivity contribution is 0.557. The molecule has 0 aliphatic carbocycles. The third kappa shape index (κ3) is 2.83. The average molecular weight is 180 g/mol. The molecule has 1 aromatic rings. The van der Waals surface area contributed by atoms with Gasteiger partial charge in [-0.3, -0.25) is 0 Å². The molecule has 0 radical (unpaired) electrons. The molecular weight excluding hydrogens is 163 g/mol. The van der Waals surface area contributed by atoms with Crippen molar-refractivity contribution in [3.8, 4) is 0 Å². The summed E-state index contributed by atoms with van der Waals surface area (Å²) in [6.45, 7) is 6.38. The van der Waals surface area contributed by atoms with Gasteiger partial charge in [-0.05, 0) is 42.5 Å². The molecule has 0 spiro atoms. The minimum Gasteiger partial charge on any atom is -0.207 e. The van der Waals surface area contributed by atoms with Crippen LogP contribution in [0, 0.1) is 18.7 Å². The first-order valence-corrected chi connectivity index (χ1v) is 4.88. The third-order valence-corrected chi connectivity index (χ3v) is 2.57. The molecule has 0 aromatic heterocycles. The fraction of sp³-hybridized carbons (Fsp3) is 0.500. The fourth-order valence-electron chi connectivity index (χ4n) is 1.41. The molecule has 0 nitrogen and oxygen atoms in total. The number of benzene rings is 1. The van der Waals surface area contributed by atoms with Crippen LogP contribution in [-0.2, 0) is 6.42 Å². The van der Waals surface area contributed by atoms with Crippen molar-refractivity contribution < 1.29 is 4.39 Å². The Morgan fingerprint density at radius 1 is 1.38 bits per heavy atom. The van der Waals surface area contributed by atoms with Crippen LogP contribution < -0.4 is 0 Å². The van der Waals surface area contributed by atoms with Gasteiger partial charge >= 0.3 is 0 Å². The maximum Gasteiger partial charge on any atom is 0.123 e. The highest BCUT2D eigenvalue weighted by atomic mass is 19.1. The smallest absolute Gasteiger partial charge is 0.123 e. The zero-order valence-corrected chi connectivity index (χ0v) is 8.60. The van der Waals surface area contributed by atoms with Gasteiger partial charge < -0.3 is 0 Å². The number of halogens is 1. The molecule has 1 unspecified atom stereocenters. The van der Waals surface area contributed by atoms with Crippen molar-refractivity contribution in [1.29, 1.82) is 0 Å². The van der Waals surface area contributed by atoms with Gasteiger partial charge in [0.25, 0.3) is 0 Å². The largest absolute Gasteiger partial charge is 0.207 e. The molecule has 1 aromatic carbocycles. The molecule has 13 heavy (non-hydrogen) atoms. The molecule has 0 fully saturated rings. The van der Waals surface area contributed by atoms with Crippen LogP contribution >= 0.6 is 0 Å². The van der Waals surface area contributed by atoms with Crippen LogP contribution in [0.3, 0.4) is 0 Å². The lowest BCUT2D eigenvalue weighted by atomic mass is 9.96. The van der Waals surface area contributed by atoms with E-state index in [1.807, 2.05) is 13.0 Å². The summed E-state index contributed by atoms with van der Waals surface area (Å²) < 4.78 is 12.8. The maximum absolute atomic E-state index is 12.8. The van der Waals surface area contributed by atoms with Gasteiger partial charge in [0.05, 0.1) is 0 Å². The Bertz CT molecular complexity index is 278. The van der Waals surface area contributed by atoms with E-state index in [1.54, 1.807) is 12.1 Å². The maximum atomic E-state index is 12.8. The van der Waals surface area contributed by atoms with Crippen LogP contribution in [0.25, 0.3) is 0 Å². The van der Waals surface area contributed by atoms with Crippen molar-refractivity contribution in [3.05, 3.63) is 35.1 Å². The zero-order chi connectivity index (χ0) is 9.84. The lowest BCUT2D eigenvalue weighted by Crippen LogP contribution is -2.00. The molecule has 0 N–H and O–H groups in total. The van der Waals surface area contributed by atoms with Crippen LogP contribution in [0.4, 0.5) is 4.39 Å². The van der Waals surface area contributed by atoms with Crippen molar-refractivity contribution in [1.82, 2.24) is 0 Å². The monoisotopic (exact) mass is 180 g/mol. The van der Waals surface area contributed by atoms with E-state index in [9.17, 15) is 4.39 Å². The molecule has 72 valence electrons. The highest BCUT2D eigenvalue weighted by molar-refractivity contribution is 5.26. The zero-order valence-electron chi connectivity index (χ0n) is 8.60. The Morgan fingerprint density at radius 3 is 2.62 bits per heavy atom. The molecule has 0 heterocycles. The number of hydrogen-bond donors (Lipinski definition) is 0. The summed E-state index contributed by atoms with van der Waals surface area (Å²) in [6, 6.07) is 5.05. The van der Waals surface area contributed by atoms with Crippen LogP contribution in [0.15, 0.2) is 18.2 Å². The van der Waals surface area contributed by atoms with Crippen molar-refractivity contribution in [2.75, 3.05) is 0 Å². The molecule has 1 atom stereocenters. The highest BCUT2D eigenvalue weighted by Crippen LogP contribution is 2.16. The van der Waals surface area contributed by atoms with Crippen molar-refractivity contribution in [2.24, 2.45) is 5.92 Å². The average Bonchev–Trinajstić information content (AvgIpc) is 2.09. The molecule has 0 aliphatic heterocycles. The Morgan fingerprint density at radius 2 is 2.08 bits per heavy atom. The van der Waals surface area contributed by atoms with Crippen molar-refractivity contribution in [3.63, 3.8) is 0 Å². The Hall–Kier alpha value is -0.850. The first kappa shape index (κ1) is 10.2. The summed E-state index contributed by atoms with van der Waals surface area (Å²) in [6.07, 6.45) is 2.24. The first-order chi connectivity index (χ1) is 6.13. The summed E-state index contributed by atoms with van der Waals surface area (Å²) in [5.74, 6) is 0.551. The van der Waals surface area contributed by atoms with Gasteiger partial charge in [-0.2, -0.15) is 0 Å². The summed E-state index contributed by atoms with van der Waals surface area (Å²) in [4.78, 5) is 0. The standard InChI is InChI=1S/C12H17F/c1-4-9(2)7-11-5-6-12(13)8-10(11)3/h5-6,8-9H,4,7H2,1-3H3. The molecular formula is C12H17F. The second-order valence-corrected chi connectivity index (χ2v) is 3.79. The second-order valence-electron chi connectivity index (χ2n) is 3.79. The van der Waals surface area contributed by atoms with Gasteiger partial charge in [-0.25, -0.2) is 4.39 Å². The summed E-state index contributed by atoms with van der Waals surface area (Å²) in [5, 5.41) is 0. The fourth-order valence-corrected chi connectivity index (χ4v) is 1.41. The van der Waals surface area contributed by atoms with E-state index in [1.165, 1.54) is 12.0 Å². The summed E-state index contributed by atoms with van der Waals surface area (Å²) in [5.41, 5.74) is 2.34. The van der Waals surface area contributed by atoms with E-state index in [4.69, 9.17) is 0 Å². The highest BCUT2D eigenvalue weighted by Gasteiger charge is 2.04. The van der Waals surface area contributed by atoms with Crippen LogP contribution in [-0.4, -0.2) is 0 Å². The molecule has 0 bridgehead atoms. The lowest BCUT2D eigenvalue weighted by Gasteiger charge is -2.10. The molecule has 1 heteroatoms. The van der Waals surface area contributed by atoms with E-state index >= 15 is 0 Å². The van der Waals surface area contributed by atoms with Gasteiger partial charge in [0, 0.05) is 0 Å². The topological polar surface area (TPSA) is 0 Å². The number of hydrogen-bond acceptors (Lipinski definition) is 0. The number of rotatable bonds is 3. The van der Waals surface area contributed by atoms with Gasteiger partial charge in [0.2, 0.25) is 0 Å². The summed E-state index contributed by atoms with van der Waals surface area (Å²) >= 11 is 0. The van der Waals surface area contributed by atoms with E-state index in [0.29, 0.717) is 5.92 Å².